The van der Waals surface area contributed by atoms with Gasteiger partial charge in [0.2, 0.25) is 0 Å². The monoisotopic (exact) mass is 428 g/mol. The fraction of sp³-hybridized carbons (Fsp3) is 0.391. The molecule has 0 saturated heterocycles. The van der Waals surface area contributed by atoms with Gasteiger partial charge >= 0.3 is 0 Å². The third kappa shape index (κ3) is 10.5. The summed E-state index contributed by atoms with van der Waals surface area (Å²) in [4.78, 5) is 29.3. The number of nitrogen functional groups attached to an aromatic ring is 2. The number of nitrogens with two attached hydrogens (primary N) is 2. The third-order valence-corrected chi connectivity index (χ3v) is 4.40. The van der Waals surface area contributed by atoms with E-state index in [1.165, 1.54) is 0 Å². The Labute approximate surface area is 185 Å². The molecule has 31 heavy (non-hydrogen) atoms. The lowest BCUT2D eigenvalue weighted by Crippen LogP contribution is -2.33. The van der Waals surface area contributed by atoms with E-state index in [9.17, 15) is 9.59 Å². The maximum absolute atomic E-state index is 11.9. The highest BCUT2D eigenvalue weighted by Crippen LogP contribution is 2.08. The van der Waals surface area contributed by atoms with Crippen molar-refractivity contribution in [2.75, 3.05) is 72.9 Å². The van der Waals surface area contributed by atoms with Gasteiger partial charge in [-0.25, -0.2) is 0 Å². The standard InChI is InChI=1S/C12H19N3O.C11H17N3O/c1-14(2)8-9-15(3)12(16)10-4-6-11(13)7-5-10;1-14(2)8-7-13-11(15)9-3-5-10(12)6-4-9/h4-7H,8-9,13H2,1-3H3;3-6H,7-8,12H2,1-2H3,(H,13,15). The fourth-order valence-electron chi connectivity index (χ4n) is 2.43. The Morgan fingerprint density at radius 3 is 1.61 bits per heavy atom. The fourth-order valence-corrected chi connectivity index (χ4v) is 2.43. The van der Waals surface area contributed by atoms with Crippen molar-refractivity contribution in [3.63, 3.8) is 0 Å². The molecule has 0 fully saturated rings. The first-order valence-corrected chi connectivity index (χ1v) is 10.1. The van der Waals surface area contributed by atoms with Crippen LogP contribution in [-0.2, 0) is 0 Å². The maximum atomic E-state index is 11.9. The van der Waals surface area contributed by atoms with Crippen LogP contribution in [0, 0.1) is 0 Å². The second kappa shape index (κ2) is 13.3. The Bertz CT molecular complexity index is 804. The molecule has 0 heterocycles. The van der Waals surface area contributed by atoms with Gasteiger partial charge in [0.15, 0.2) is 0 Å². The van der Waals surface area contributed by atoms with Crippen LogP contribution in [0.4, 0.5) is 11.4 Å². The van der Waals surface area contributed by atoms with Gasteiger partial charge in [-0.05, 0) is 76.7 Å². The number of hydrogen-bond acceptors (Lipinski definition) is 6. The largest absolute Gasteiger partial charge is 0.399 e. The van der Waals surface area contributed by atoms with Crippen LogP contribution in [0.5, 0.6) is 0 Å². The smallest absolute Gasteiger partial charge is 0.253 e. The van der Waals surface area contributed by atoms with Crippen molar-refractivity contribution in [3.05, 3.63) is 59.7 Å². The van der Waals surface area contributed by atoms with E-state index >= 15 is 0 Å². The molecule has 0 bridgehead atoms. The molecular weight excluding hydrogens is 392 g/mol. The predicted octanol–water partition coefficient (Wildman–Crippen LogP) is 1.46. The summed E-state index contributed by atoms with van der Waals surface area (Å²) in [6, 6.07) is 13.9. The molecule has 0 aliphatic rings. The minimum absolute atomic E-state index is 0.0295. The molecule has 0 radical (unpaired) electrons. The SMILES string of the molecule is CN(C)CCN(C)C(=O)c1ccc(N)cc1.CN(C)CCNC(=O)c1ccc(N)cc1. The number of hydrogen-bond donors (Lipinski definition) is 3. The molecule has 0 atom stereocenters. The van der Waals surface area contributed by atoms with E-state index in [0.717, 1.165) is 19.6 Å². The van der Waals surface area contributed by atoms with Gasteiger partial charge in [-0.15, -0.1) is 0 Å². The summed E-state index contributed by atoms with van der Waals surface area (Å²) >= 11 is 0. The van der Waals surface area contributed by atoms with E-state index in [1.807, 2.05) is 45.0 Å². The second-order valence-electron chi connectivity index (χ2n) is 7.83. The van der Waals surface area contributed by atoms with Crippen molar-refractivity contribution in [1.82, 2.24) is 20.0 Å². The van der Waals surface area contributed by atoms with Crippen LogP contribution in [-0.4, -0.2) is 87.9 Å². The lowest BCUT2D eigenvalue weighted by atomic mass is 10.2. The van der Waals surface area contributed by atoms with Crippen LogP contribution in [0.2, 0.25) is 0 Å². The number of anilines is 2. The van der Waals surface area contributed by atoms with Gasteiger partial charge in [0, 0.05) is 55.7 Å². The van der Waals surface area contributed by atoms with Crippen molar-refractivity contribution in [3.8, 4) is 0 Å². The highest BCUT2D eigenvalue weighted by atomic mass is 16.2. The van der Waals surface area contributed by atoms with Crippen LogP contribution in [0.1, 0.15) is 20.7 Å². The number of likely N-dealkylation sites (N-methyl/N-ethyl adjacent to an activating group) is 3. The minimum Gasteiger partial charge on any atom is -0.399 e. The lowest BCUT2D eigenvalue weighted by molar-refractivity contribution is 0.0786. The molecule has 0 aromatic heterocycles. The van der Waals surface area contributed by atoms with Gasteiger partial charge in [0.25, 0.3) is 11.8 Å². The van der Waals surface area contributed by atoms with Crippen molar-refractivity contribution >= 4 is 23.2 Å². The number of amides is 2. The molecule has 0 aliphatic heterocycles. The molecule has 170 valence electrons. The molecule has 2 aromatic carbocycles. The summed E-state index contributed by atoms with van der Waals surface area (Å²) in [7, 11) is 9.72. The summed E-state index contributed by atoms with van der Waals surface area (Å²) in [5.74, 6) is -0.0290. The molecule has 0 unspecified atom stereocenters. The first-order valence-electron chi connectivity index (χ1n) is 10.1. The highest BCUT2D eigenvalue weighted by molar-refractivity contribution is 5.94. The van der Waals surface area contributed by atoms with Crippen molar-refractivity contribution in [2.45, 2.75) is 0 Å². The van der Waals surface area contributed by atoms with Gasteiger partial charge in [-0.3, -0.25) is 9.59 Å². The molecule has 2 amide bonds. The van der Waals surface area contributed by atoms with E-state index in [1.54, 1.807) is 53.4 Å². The van der Waals surface area contributed by atoms with Gasteiger partial charge in [-0.2, -0.15) is 0 Å². The summed E-state index contributed by atoms with van der Waals surface area (Å²) in [6.07, 6.45) is 0. The van der Waals surface area contributed by atoms with E-state index in [-0.39, 0.29) is 11.8 Å². The number of rotatable bonds is 8. The third-order valence-electron chi connectivity index (χ3n) is 4.40. The Morgan fingerprint density at radius 1 is 0.710 bits per heavy atom. The normalized spacial score (nSPS) is 10.4. The first kappa shape index (κ1) is 25.9. The molecule has 5 N–H and O–H groups in total. The summed E-state index contributed by atoms with van der Waals surface area (Å²) in [5.41, 5.74) is 13.8. The molecule has 2 aromatic rings. The Balaban J connectivity index is 0.000000311. The average Bonchev–Trinajstić information content (AvgIpc) is 2.72. The molecule has 0 aliphatic carbocycles. The topological polar surface area (TPSA) is 108 Å². The van der Waals surface area contributed by atoms with Gasteiger partial charge in [0.05, 0.1) is 0 Å². The molecule has 8 heteroatoms. The van der Waals surface area contributed by atoms with Crippen LogP contribution in [0.3, 0.4) is 0 Å². The van der Waals surface area contributed by atoms with Gasteiger partial charge < -0.3 is 31.5 Å². The van der Waals surface area contributed by atoms with Gasteiger partial charge in [-0.1, -0.05) is 0 Å². The lowest BCUT2D eigenvalue weighted by Gasteiger charge is -2.19. The maximum Gasteiger partial charge on any atom is 0.253 e. The van der Waals surface area contributed by atoms with Crippen LogP contribution in [0.25, 0.3) is 0 Å². The molecule has 0 spiro atoms. The predicted molar refractivity (Wildman–Crippen MR) is 128 cm³/mol. The van der Waals surface area contributed by atoms with Gasteiger partial charge in [0.1, 0.15) is 0 Å². The summed E-state index contributed by atoms with van der Waals surface area (Å²) in [5, 5.41) is 2.83. The average molecular weight is 429 g/mol. The summed E-state index contributed by atoms with van der Waals surface area (Å²) < 4.78 is 0. The Kier molecular flexibility index (Phi) is 11.1. The second-order valence-corrected chi connectivity index (χ2v) is 7.83. The number of carbonyl (C=O) groups excluding carboxylic acids is 2. The Hall–Kier alpha value is -3.10. The first-order chi connectivity index (χ1) is 14.6. The van der Waals surface area contributed by atoms with Crippen LogP contribution >= 0.6 is 0 Å². The number of carbonyl (C=O) groups is 2. The zero-order valence-corrected chi connectivity index (χ0v) is 19.3. The van der Waals surface area contributed by atoms with Crippen LogP contribution < -0.4 is 16.8 Å². The summed E-state index contributed by atoms with van der Waals surface area (Å²) in [6.45, 7) is 3.06. The molecule has 0 saturated carbocycles. The van der Waals surface area contributed by atoms with Crippen molar-refractivity contribution in [2.24, 2.45) is 0 Å². The van der Waals surface area contributed by atoms with Crippen LogP contribution in [0.15, 0.2) is 48.5 Å². The number of nitrogens with zero attached hydrogens (tertiary/aromatic N) is 3. The van der Waals surface area contributed by atoms with E-state index in [0.29, 0.717) is 29.0 Å². The number of benzene rings is 2. The van der Waals surface area contributed by atoms with E-state index in [4.69, 9.17) is 11.5 Å². The quantitative estimate of drug-likeness (QED) is 0.550. The minimum atomic E-state index is -0.0585. The molecule has 2 rings (SSSR count). The number of nitrogens with one attached hydrogen (secondary N) is 1. The highest BCUT2D eigenvalue weighted by Gasteiger charge is 2.11. The molecular formula is C23H36N6O2. The van der Waals surface area contributed by atoms with Crippen molar-refractivity contribution < 1.29 is 9.59 Å². The Morgan fingerprint density at radius 2 is 1.16 bits per heavy atom. The van der Waals surface area contributed by atoms with E-state index < -0.39 is 0 Å². The van der Waals surface area contributed by atoms with Crippen molar-refractivity contribution in [1.29, 1.82) is 0 Å². The zero-order valence-electron chi connectivity index (χ0n) is 19.3. The van der Waals surface area contributed by atoms with E-state index in [2.05, 4.69) is 5.32 Å². The zero-order chi connectivity index (χ0) is 23.4. The molecule has 8 nitrogen and oxygen atoms in total.